The Bertz CT molecular complexity index is 1520. The van der Waals surface area contributed by atoms with E-state index in [2.05, 4.69) is 40.7 Å². The van der Waals surface area contributed by atoms with Crippen LogP contribution in [-0.4, -0.2) is 76.6 Å². The lowest BCUT2D eigenvalue weighted by molar-refractivity contribution is -0.0498. The van der Waals surface area contributed by atoms with Crippen LogP contribution in [0, 0.1) is 13.8 Å². The zero-order valence-corrected chi connectivity index (χ0v) is 23.3. The predicted octanol–water partition coefficient (Wildman–Crippen LogP) is 4.62. The van der Waals surface area contributed by atoms with Gasteiger partial charge in [-0.15, -0.1) is 0 Å². The molecule has 1 amide bonds. The highest BCUT2D eigenvalue weighted by Crippen LogP contribution is 2.27. The van der Waals surface area contributed by atoms with Crippen molar-refractivity contribution in [1.82, 2.24) is 24.6 Å². The molecule has 11 nitrogen and oxygen atoms in total. The second-order valence-electron chi connectivity index (χ2n) is 9.74. The van der Waals surface area contributed by atoms with Crippen LogP contribution in [0.3, 0.4) is 0 Å². The first-order valence-electron chi connectivity index (χ1n) is 13.5. The van der Waals surface area contributed by atoms with Crippen molar-refractivity contribution in [2.45, 2.75) is 20.5 Å². The second kappa shape index (κ2) is 13.4. The molecule has 0 saturated carbocycles. The maximum atomic E-state index is 12.8. The van der Waals surface area contributed by atoms with E-state index >= 15 is 0 Å². The molecule has 4 aromatic rings. The molecule has 42 heavy (non-hydrogen) atoms. The van der Waals surface area contributed by atoms with Crippen LogP contribution >= 0.6 is 0 Å². The van der Waals surface area contributed by atoms with Crippen LogP contribution in [-0.2, 0) is 4.74 Å². The molecule has 1 saturated heterocycles. The van der Waals surface area contributed by atoms with Gasteiger partial charge in [-0.25, -0.2) is 9.97 Å². The van der Waals surface area contributed by atoms with Gasteiger partial charge in [0.05, 0.1) is 18.9 Å². The average Bonchev–Trinajstić information content (AvgIpc) is 3.35. The third-order valence-electron chi connectivity index (χ3n) is 6.62. The van der Waals surface area contributed by atoms with Crippen molar-refractivity contribution in [2.24, 2.45) is 0 Å². The number of morpholine rings is 1. The van der Waals surface area contributed by atoms with E-state index in [1.165, 1.54) is 30.6 Å². The second-order valence-corrected chi connectivity index (χ2v) is 9.74. The van der Waals surface area contributed by atoms with Crippen LogP contribution in [0.25, 0.3) is 5.82 Å². The summed E-state index contributed by atoms with van der Waals surface area (Å²) in [5.74, 6) is 1.40. The summed E-state index contributed by atoms with van der Waals surface area (Å²) in [6, 6.07) is 14.8. The molecule has 1 aliphatic rings. The number of anilines is 4. The topological polar surface area (TPSA) is 118 Å². The van der Waals surface area contributed by atoms with E-state index in [0.717, 1.165) is 56.3 Å². The summed E-state index contributed by atoms with van der Waals surface area (Å²) in [7, 11) is 0. The number of amides is 1. The lowest BCUT2D eigenvalue weighted by atomic mass is 10.1. The van der Waals surface area contributed by atoms with Crippen molar-refractivity contribution in [3.63, 3.8) is 0 Å². The first-order chi connectivity index (χ1) is 20.3. The number of nitrogens with zero attached hydrogens (tertiary/aromatic N) is 5. The average molecular weight is 579 g/mol. The molecule has 1 fully saturated rings. The van der Waals surface area contributed by atoms with Gasteiger partial charge in [-0.2, -0.15) is 18.6 Å². The molecular formula is C29H32F2N8O3. The van der Waals surface area contributed by atoms with Crippen molar-refractivity contribution in [2.75, 3.05) is 55.3 Å². The molecule has 5 rings (SSSR count). The highest BCUT2D eigenvalue weighted by Gasteiger charge is 2.15. The molecule has 1 aliphatic heterocycles. The SMILES string of the molecule is Cc1cc(Nc2cc(NC(=O)c3cccc(OC(F)F)c3)ccc2C)n(-c2cc(NCCN3CCOCC3)ncn2)n1. The molecule has 2 aromatic heterocycles. The molecule has 0 atom stereocenters. The molecule has 0 aliphatic carbocycles. The molecule has 2 aromatic carbocycles. The molecule has 13 heteroatoms. The van der Waals surface area contributed by atoms with Crippen LogP contribution in [0.4, 0.5) is 31.8 Å². The van der Waals surface area contributed by atoms with Crippen molar-refractivity contribution in [3.8, 4) is 11.6 Å². The molecule has 220 valence electrons. The van der Waals surface area contributed by atoms with E-state index in [1.54, 1.807) is 16.8 Å². The summed E-state index contributed by atoms with van der Waals surface area (Å²) in [6.45, 7) is 5.84. The number of carbonyl (C=O) groups excluding carboxylic acids is 1. The number of alkyl halides is 2. The highest BCUT2D eigenvalue weighted by atomic mass is 19.3. The number of benzene rings is 2. The van der Waals surface area contributed by atoms with Gasteiger partial charge in [0.15, 0.2) is 5.82 Å². The zero-order chi connectivity index (χ0) is 29.5. The van der Waals surface area contributed by atoms with E-state index in [-0.39, 0.29) is 11.3 Å². The minimum Gasteiger partial charge on any atom is -0.435 e. The third-order valence-corrected chi connectivity index (χ3v) is 6.62. The molecular weight excluding hydrogens is 546 g/mol. The van der Waals surface area contributed by atoms with Crippen LogP contribution < -0.4 is 20.7 Å². The lowest BCUT2D eigenvalue weighted by Crippen LogP contribution is -2.39. The Kier molecular flexibility index (Phi) is 9.19. The Hall–Kier alpha value is -4.62. The number of rotatable bonds is 11. The maximum Gasteiger partial charge on any atom is 0.387 e. The van der Waals surface area contributed by atoms with Crippen molar-refractivity contribution in [1.29, 1.82) is 0 Å². The van der Waals surface area contributed by atoms with Crippen molar-refractivity contribution >= 4 is 28.9 Å². The summed E-state index contributed by atoms with van der Waals surface area (Å²) >= 11 is 0. The van der Waals surface area contributed by atoms with Gasteiger partial charge in [0.1, 0.15) is 23.7 Å². The Labute approximate surface area is 241 Å². The predicted molar refractivity (Wildman–Crippen MR) is 155 cm³/mol. The van der Waals surface area contributed by atoms with Crippen LogP contribution in [0.2, 0.25) is 0 Å². The highest BCUT2D eigenvalue weighted by molar-refractivity contribution is 6.04. The van der Waals surface area contributed by atoms with Crippen LogP contribution in [0.15, 0.2) is 60.9 Å². The fraction of sp³-hybridized carbons (Fsp3) is 0.310. The van der Waals surface area contributed by atoms with E-state index in [1.807, 2.05) is 32.0 Å². The fourth-order valence-corrected chi connectivity index (χ4v) is 4.48. The van der Waals surface area contributed by atoms with Gasteiger partial charge in [-0.3, -0.25) is 9.69 Å². The number of aromatic nitrogens is 4. The monoisotopic (exact) mass is 578 g/mol. The van der Waals surface area contributed by atoms with Gasteiger partial charge >= 0.3 is 6.61 Å². The van der Waals surface area contributed by atoms with Crippen LogP contribution in [0.1, 0.15) is 21.6 Å². The molecule has 0 unspecified atom stereocenters. The Morgan fingerprint density at radius 3 is 2.71 bits per heavy atom. The maximum absolute atomic E-state index is 12.8. The number of hydrogen-bond donors (Lipinski definition) is 3. The van der Waals surface area contributed by atoms with E-state index in [0.29, 0.717) is 23.1 Å². The minimum absolute atomic E-state index is 0.0901. The van der Waals surface area contributed by atoms with Gasteiger partial charge < -0.3 is 25.4 Å². The van der Waals surface area contributed by atoms with E-state index < -0.39 is 12.5 Å². The number of nitrogens with one attached hydrogen (secondary N) is 3. The first kappa shape index (κ1) is 28.9. The van der Waals surface area contributed by atoms with Crippen molar-refractivity contribution in [3.05, 3.63) is 77.7 Å². The van der Waals surface area contributed by atoms with E-state index in [9.17, 15) is 13.6 Å². The first-order valence-corrected chi connectivity index (χ1v) is 13.5. The summed E-state index contributed by atoms with van der Waals surface area (Å²) < 4.78 is 36.7. The van der Waals surface area contributed by atoms with E-state index in [4.69, 9.17) is 4.74 Å². The zero-order valence-electron chi connectivity index (χ0n) is 23.3. The van der Waals surface area contributed by atoms with Gasteiger partial charge in [0.2, 0.25) is 0 Å². The number of ether oxygens (including phenoxy) is 2. The van der Waals surface area contributed by atoms with Gasteiger partial charge in [-0.05, 0) is 49.7 Å². The molecule has 3 N–H and O–H groups in total. The normalized spacial score (nSPS) is 13.6. The largest absolute Gasteiger partial charge is 0.435 e. The quantitative estimate of drug-likeness (QED) is 0.234. The molecule has 0 radical (unpaired) electrons. The fourth-order valence-electron chi connectivity index (χ4n) is 4.48. The lowest BCUT2D eigenvalue weighted by Gasteiger charge is -2.26. The summed E-state index contributed by atoms with van der Waals surface area (Å²) in [6.07, 6.45) is 1.50. The minimum atomic E-state index is -2.98. The Morgan fingerprint density at radius 2 is 1.90 bits per heavy atom. The van der Waals surface area contributed by atoms with Gasteiger partial charge in [0.25, 0.3) is 5.91 Å². The van der Waals surface area contributed by atoms with Crippen molar-refractivity contribution < 1.29 is 23.0 Å². The Morgan fingerprint density at radius 1 is 1.07 bits per heavy atom. The molecule has 3 heterocycles. The molecule has 0 spiro atoms. The van der Waals surface area contributed by atoms with Gasteiger partial charge in [0, 0.05) is 55.2 Å². The number of halogens is 2. The third kappa shape index (κ3) is 7.56. The van der Waals surface area contributed by atoms with Crippen LogP contribution in [0.5, 0.6) is 5.75 Å². The Balaban J connectivity index is 1.28. The summed E-state index contributed by atoms with van der Waals surface area (Å²) in [5.41, 5.74) is 3.16. The number of carbonyl (C=O) groups is 1. The summed E-state index contributed by atoms with van der Waals surface area (Å²) in [5, 5.41) is 14.2. The molecule has 0 bridgehead atoms. The standard InChI is InChI=1S/C29H32F2N8O3/c1-19-6-7-22(35-28(40)21-4-3-5-23(15-21)42-29(30)31)16-24(19)36-27-14-20(2)37-39(27)26-17-25(33-18-34-26)32-8-9-38-10-12-41-13-11-38/h3-7,14-18,29,36H,8-13H2,1-2H3,(H,35,40)(H,32,33,34). The summed E-state index contributed by atoms with van der Waals surface area (Å²) in [4.78, 5) is 24.0. The van der Waals surface area contributed by atoms with Gasteiger partial charge in [-0.1, -0.05) is 12.1 Å². The number of hydrogen-bond acceptors (Lipinski definition) is 9. The smallest absolute Gasteiger partial charge is 0.387 e. The number of aryl methyl sites for hydroxylation is 2.